The van der Waals surface area contributed by atoms with Crippen LogP contribution in [0.4, 0.5) is 5.69 Å². The van der Waals surface area contributed by atoms with E-state index in [4.69, 9.17) is 14.2 Å². The lowest BCUT2D eigenvalue weighted by atomic mass is 10.1. The molecule has 7 heteroatoms. The number of ether oxygens (including phenoxy) is 3. The van der Waals surface area contributed by atoms with Crippen molar-refractivity contribution < 1.29 is 19.0 Å². The maximum absolute atomic E-state index is 12.7. The molecule has 2 aliphatic heterocycles. The number of anilines is 1. The summed E-state index contributed by atoms with van der Waals surface area (Å²) >= 11 is 1.47. The average molecular weight is 451 g/mol. The van der Waals surface area contributed by atoms with Crippen molar-refractivity contribution in [3.63, 3.8) is 0 Å². The Morgan fingerprint density at radius 2 is 1.69 bits per heavy atom. The molecule has 0 aliphatic carbocycles. The van der Waals surface area contributed by atoms with Crippen molar-refractivity contribution in [3.8, 4) is 21.9 Å². The number of morpholine rings is 1. The number of fused-ring (bicyclic) bond motifs is 1. The number of nitrogens with one attached hydrogen (secondary N) is 1. The summed E-state index contributed by atoms with van der Waals surface area (Å²) in [6.07, 6.45) is 0.998. The third-order valence-electron chi connectivity index (χ3n) is 5.69. The zero-order chi connectivity index (χ0) is 21.8. The van der Waals surface area contributed by atoms with E-state index in [0.29, 0.717) is 18.1 Å². The molecule has 1 aromatic heterocycles. The van der Waals surface area contributed by atoms with Crippen LogP contribution in [0.25, 0.3) is 10.4 Å². The normalized spacial score (nSPS) is 16.0. The number of thiophene rings is 1. The Labute approximate surface area is 191 Å². The maximum Gasteiger partial charge on any atom is 0.265 e. The molecule has 0 atom stereocenters. The molecular weight excluding hydrogens is 424 g/mol. The molecule has 0 saturated carbocycles. The van der Waals surface area contributed by atoms with E-state index in [9.17, 15) is 4.79 Å². The number of carbonyl (C=O) groups is 1. The summed E-state index contributed by atoms with van der Waals surface area (Å²) in [6.45, 7) is 5.82. The molecule has 3 aromatic rings. The van der Waals surface area contributed by atoms with Crippen LogP contribution in [-0.2, 0) is 11.2 Å². The smallest absolute Gasteiger partial charge is 0.265 e. The molecule has 0 bridgehead atoms. The van der Waals surface area contributed by atoms with Crippen molar-refractivity contribution in [2.24, 2.45) is 0 Å². The van der Waals surface area contributed by atoms with Crippen LogP contribution < -0.4 is 14.8 Å². The lowest BCUT2D eigenvalue weighted by Gasteiger charge is -2.26. The minimum Gasteiger partial charge on any atom is -0.486 e. The lowest BCUT2D eigenvalue weighted by molar-refractivity contribution is 0.0384. The predicted octanol–water partition coefficient (Wildman–Crippen LogP) is 4.31. The van der Waals surface area contributed by atoms with Gasteiger partial charge in [0.2, 0.25) is 0 Å². The first-order valence-electron chi connectivity index (χ1n) is 10.9. The summed E-state index contributed by atoms with van der Waals surface area (Å²) in [5, 5.41) is 3.01. The van der Waals surface area contributed by atoms with Gasteiger partial charge in [-0.25, -0.2) is 0 Å². The fraction of sp³-hybridized carbons (Fsp3) is 0.320. The standard InChI is InChI=1S/C25H26N2O4S/c28-25(26-20-4-1-18(2-5-20)9-10-27-11-13-29-14-12-27)24-8-7-23(32-24)19-3-6-21-22(17-19)31-16-15-30-21/h1-8,17H,9-16H2,(H,26,28). The summed E-state index contributed by atoms with van der Waals surface area (Å²) < 4.78 is 16.7. The topological polar surface area (TPSA) is 60.0 Å². The van der Waals surface area contributed by atoms with Crippen LogP contribution in [-0.4, -0.2) is 56.9 Å². The van der Waals surface area contributed by atoms with Gasteiger partial charge in [-0.15, -0.1) is 11.3 Å². The first-order chi connectivity index (χ1) is 15.7. The maximum atomic E-state index is 12.7. The number of hydrogen-bond donors (Lipinski definition) is 1. The van der Waals surface area contributed by atoms with Crippen molar-refractivity contribution in [1.29, 1.82) is 0 Å². The van der Waals surface area contributed by atoms with Crippen LogP contribution in [0, 0.1) is 0 Å². The Bertz CT molecular complexity index is 1070. The van der Waals surface area contributed by atoms with Gasteiger partial charge >= 0.3 is 0 Å². The number of amides is 1. The molecule has 0 radical (unpaired) electrons. The van der Waals surface area contributed by atoms with Crippen LogP contribution in [0.15, 0.2) is 54.6 Å². The number of nitrogens with zero attached hydrogens (tertiary/aromatic N) is 1. The molecule has 32 heavy (non-hydrogen) atoms. The molecule has 166 valence electrons. The molecule has 0 spiro atoms. The second-order valence-electron chi connectivity index (χ2n) is 7.88. The SMILES string of the molecule is O=C(Nc1ccc(CCN2CCOCC2)cc1)c1ccc(-c2ccc3c(c2)OCCO3)s1. The zero-order valence-corrected chi connectivity index (χ0v) is 18.7. The fourth-order valence-electron chi connectivity index (χ4n) is 3.87. The molecule has 5 rings (SSSR count). The van der Waals surface area contributed by atoms with Gasteiger partial charge in [0, 0.05) is 30.2 Å². The Hall–Kier alpha value is -2.87. The minimum atomic E-state index is -0.0974. The molecule has 1 amide bonds. The van der Waals surface area contributed by atoms with E-state index in [2.05, 4.69) is 22.3 Å². The summed E-state index contributed by atoms with van der Waals surface area (Å²) in [5.41, 5.74) is 3.09. The van der Waals surface area contributed by atoms with E-state index < -0.39 is 0 Å². The van der Waals surface area contributed by atoms with E-state index in [1.807, 2.05) is 42.5 Å². The average Bonchev–Trinajstić information content (AvgIpc) is 3.35. The molecule has 2 aromatic carbocycles. The Morgan fingerprint density at radius 1 is 0.906 bits per heavy atom. The second-order valence-corrected chi connectivity index (χ2v) is 8.96. The van der Waals surface area contributed by atoms with Gasteiger partial charge < -0.3 is 19.5 Å². The van der Waals surface area contributed by atoms with Crippen molar-refractivity contribution in [2.75, 3.05) is 51.4 Å². The fourth-order valence-corrected chi connectivity index (χ4v) is 4.77. The lowest BCUT2D eigenvalue weighted by Crippen LogP contribution is -2.37. The zero-order valence-electron chi connectivity index (χ0n) is 17.8. The van der Waals surface area contributed by atoms with E-state index >= 15 is 0 Å². The van der Waals surface area contributed by atoms with Gasteiger partial charge in [0.25, 0.3) is 5.91 Å². The van der Waals surface area contributed by atoms with E-state index in [1.165, 1.54) is 16.9 Å². The quantitative estimate of drug-likeness (QED) is 0.606. The van der Waals surface area contributed by atoms with Crippen molar-refractivity contribution in [3.05, 3.63) is 65.0 Å². The van der Waals surface area contributed by atoms with E-state index in [0.717, 1.165) is 66.9 Å². The van der Waals surface area contributed by atoms with Crippen LogP contribution in [0.5, 0.6) is 11.5 Å². The molecule has 2 aliphatic rings. The largest absolute Gasteiger partial charge is 0.486 e. The second kappa shape index (κ2) is 9.73. The molecule has 0 unspecified atom stereocenters. The molecule has 1 fully saturated rings. The Kier molecular flexibility index (Phi) is 6.39. The van der Waals surface area contributed by atoms with E-state index in [-0.39, 0.29) is 5.91 Å². The van der Waals surface area contributed by atoms with Crippen LogP contribution >= 0.6 is 11.3 Å². The Morgan fingerprint density at radius 3 is 2.50 bits per heavy atom. The molecule has 1 N–H and O–H groups in total. The number of benzene rings is 2. The third kappa shape index (κ3) is 4.96. The van der Waals surface area contributed by atoms with Crippen LogP contribution in [0.1, 0.15) is 15.2 Å². The molecule has 6 nitrogen and oxygen atoms in total. The summed E-state index contributed by atoms with van der Waals surface area (Å²) in [6, 6.07) is 17.8. The summed E-state index contributed by atoms with van der Waals surface area (Å²) in [4.78, 5) is 16.9. The highest BCUT2D eigenvalue weighted by Crippen LogP contribution is 2.37. The first kappa shape index (κ1) is 21.0. The van der Waals surface area contributed by atoms with Crippen molar-refractivity contribution in [1.82, 2.24) is 4.90 Å². The van der Waals surface area contributed by atoms with Gasteiger partial charge in [-0.3, -0.25) is 9.69 Å². The highest BCUT2D eigenvalue weighted by atomic mass is 32.1. The van der Waals surface area contributed by atoms with Gasteiger partial charge in [-0.2, -0.15) is 0 Å². The monoisotopic (exact) mass is 450 g/mol. The van der Waals surface area contributed by atoms with Gasteiger partial charge in [0.15, 0.2) is 11.5 Å². The predicted molar refractivity (Wildman–Crippen MR) is 126 cm³/mol. The molecular formula is C25H26N2O4S. The van der Waals surface area contributed by atoms with Gasteiger partial charge in [-0.05, 0) is 60.0 Å². The number of rotatable bonds is 6. The Balaban J connectivity index is 1.19. The highest BCUT2D eigenvalue weighted by molar-refractivity contribution is 7.17. The van der Waals surface area contributed by atoms with Gasteiger partial charge in [0.1, 0.15) is 13.2 Å². The van der Waals surface area contributed by atoms with Crippen LogP contribution in [0.3, 0.4) is 0 Å². The third-order valence-corrected chi connectivity index (χ3v) is 6.82. The van der Waals surface area contributed by atoms with Crippen molar-refractivity contribution >= 4 is 22.9 Å². The highest BCUT2D eigenvalue weighted by Gasteiger charge is 2.15. The minimum absolute atomic E-state index is 0.0974. The van der Waals surface area contributed by atoms with Gasteiger partial charge in [-0.1, -0.05) is 12.1 Å². The molecule has 1 saturated heterocycles. The number of hydrogen-bond acceptors (Lipinski definition) is 6. The van der Waals surface area contributed by atoms with Gasteiger partial charge in [0.05, 0.1) is 18.1 Å². The van der Waals surface area contributed by atoms with Crippen LogP contribution in [0.2, 0.25) is 0 Å². The number of carbonyl (C=O) groups excluding carboxylic acids is 1. The molecule has 3 heterocycles. The summed E-state index contributed by atoms with van der Waals surface area (Å²) in [5.74, 6) is 1.42. The van der Waals surface area contributed by atoms with E-state index in [1.54, 1.807) is 0 Å². The van der Waals surface area contributed by atoms with Crippen molar-refractivity contribution in [2.45, 2.75) is 6.42 Å². The first-order valence-corrected chi connectivity index (χ1v) is 11.8. The summed E-state index contributed by atoms with van der Waals surface area (Å²) in [7, 11) is 0.